The molecule has 2 heterocycles. The lowest BCUT2D eigenvalue weighted by Crippen LogP contribution is -2.30. The van der Waals surface area contributed by atoms with Gasteiger partial charge in [-0.1, -0.05) is 18.2 Å². The molecular weight excluding hydrogens is 442 g/mol. The van der Waals surface area contributed by atoms with Crippen LogP contribution in [0.2, 0.25) is 0 Å². The first-order chi connectivity index (χ1) is 17.0. The number of anilines is 2. The molecule has 180 valence electrons. The largest absolute Gasteiger partial charge is 0.419 e. The van der Waals surface area contributed by atoms with E-state index >= 15 is 0 Å². The number of nitrogens with zero attached hydrogens (tertiary/aromatic N) is 2. The first-order valence-corrected chi connectivity index (χ1v) is 11.7. The van der Waals surface area contributed by atoms with Crippen LogP contribution >= 0.6 is 0 Å². The fourth-order valence-electron chi connectivity index (χ4n) is 4.88. The number of ether oxygens (including phenoxy) is 1. The van der Waals surface area contributed by atoms with E-state index in [-0.39, 0.29) is 5.76 Å². The molecule has 0 saturated heterocycles. The van der Waals surface area contributed by atoms with Crippen molar-refractivity contribution in [2.75, 3.05) is 19.0 Å². The molecule has 7 nitrogen and oxygen atoms in total. The van der Waals surface area contributed by atoms with E-state index in [4.69, 9.17) is 9.15 Å². The summed E-state index contributed by atoms with van der Waals surface area (Å²) in [5, 5.41) is 3.46. The lowest BCUT2D eigenvalue weighted by atomic mass is 9.95. The third-order valence-electron chi connectivity index (χ3n) is 6.93. The molecule has 0 amide bonds. The number of hydrogen-bond acceptors (Lipinski definition) is 6. The van der Waals surface area contributed by atoms with Gasteiger partial charge in [0.15, 0.2) is 5.58 Å². The number of oxazole rings is 1. The number of aryl methyl sites for hydroxylation is 1. The van der Waals surface area contributed by atoms with Crippen molar-refractivity contribution in [3.63, 3.8) is 0 Å². The van der Waals surface area contributed by atoms with Crippen LogP contribution in [0.3, 0.4) is 0 Å². The number of benzene rings is 3. The van der Waals surface area contributed by atoms with Crippen LogP contribution < -0.4 is 11.1 Å². The lowest BCUT2D eigenvalue weighted by Gasteiger charge is -2.30. The monoisotopic (exact) mass is 471 g/mol. The van der Waals surface area contributed by atoms with E-state index in [2.05, 4.69) is 41.4 Å². The van der Waals surface area contributed by atoms with Crippen LogP contribution in [0.15, 0.2) is 57.7 Å². The number of aldehydes is 1. The molecule has 1 N–H and O–H groups in total. The highest BCUT2D eigenvalue weighted by Gasteiger charge is 2.19. The second-order valence-electron chi connectivity index (χ2n) is 9.15. The third-order valence-corrected chi connectivity index (χ3v) is 6.93. The molecule has 3 aromatic carbocycles. The average Bonchev–Trinajstić information content (AvgIpc) is 3.15. The van der Waals surface area contributed by atoms with Crippen LogP contribution in [0.25, 0.3) is 11.1 Å². The molecular formula is C28H29N3O4. The van der Waals surface area contributed by atoms with Crippen molar-refractivity contribution >= 4 is 28.8 Å². The fraction of sp³-hybridized carbons (Fsp3) is 0.286. The van der Waals surface area contributed by atoms with Gasteiger partial charge in [0.25, 0.3) is 0 Å². The minimum Gasteiger partial charge on any atom is -0.408 e. The predicted octanol–water partition coefficient (Wildman–Crippen LogP) is 4.70. The Hall–Kier alpha value is -3.68. The van der Waals surface area contributed by atoms with Crippen molar-refractivity contribution in [1.29, 1.82) is 0 Å². The SMILES string of the molecule is COCc1c(C=O)ccc(CN2CCc3cc(Nc4ccc5oc(=O)n(C)c5c4)ccc3C2)c1C. The van der Waals surface area contributed by atoms with Crippen molar-refractivity contribution in [3.8, 4) is 0 Å². The van der Waals surface area contributed by atoms with Gasteiger partial charge >= 0.3 is 5.76 Å². The number of fused-ring (bicyclic) bond motifs is 2. The van der Waals surface area contributed by atoms with Gasteiger partial charge in [-0.2, -0.15) is 0 Å². The van der Waals surface area contributed by atoms with E-state index in [0.717, 1.165) is 60.4 Å². The molecule has 0 saturated carbocycles. The molecule has 5 rings (SSSR count). The zero-order chi connectivity index (χ0) is 24.5. The van der Waals surface area contributed by atoms with E-state index in [1.807, 2.05) is 24.3 Å². The summed E-state index contributed by atoms with van der Waals surface area (Å²) in [6.07, 6.45) is 1.87. The van der Waals surface area contributed by atoms with Gasteiger partial charge in [0, 0.05) is 50.7 Å². The summed E-state index contributed by atoms with van der Waals surface area (Å²) < 4.78 is 12.1. The predicted molar refractivity (Wildman–Crippen MR) is 136 cm³/mol. The minimum atomic E-state index is -0.361. The van der Waals surface area contributed by atoms with Gasteiger partial charge < -0.3 is 14.5 Å². The first kappa shape index (κ1) is 23.1. The van der Waals surface area contributed by atoms with Crippen LogP contribution in [0.1, 0.15) is 38.2 Å². The zero-order valence-electron chi connectivity index (χ0n) is 20.3. The summed E-state index contributed by atoms with van der Waals surface area (Å²) in [4.78, 5) is 25.6. The molecule has 0 radical (unpaired) electrons. The summed E-state index contributed by atoms with van der Waals surface area (Å²) in [6.45, 7) is 5.20. The number of hydrogen-bond donors (Lipinski definition) is 1. The van der Waals surface area contributed by atoms with Crippen molar-refractivity contribution in [1.82, 2.24) is 9.47 Å². The minimum absolute atomic E-state index is 0.361. The van der Waals surface area contributed by atoms with Gasteiger partial charge in [-0.3, -0.25) is 14.3 Å². The summed E-state index contributed by atoms with van der Waals surface area (Å²) in [5.41, 5.74) is 9.99. The maximum absolute atomic E-state index is 11.8. The second kappa shape index (κ2) is 9.52. The summed E-state index contributed by atoms with van der Waals surface area (Å²) in [7, 11) is 3.36. The highest BCUT2D eigenvalue weighted by molar-refractivity contribution is 5.79. The Balaban J connectivity index is 1.31. The Morgan fingerprint density at radius 1 is 1.09 bits per heavy atom. The molecule has 35 heavy (non-hydrogen) atoms. The maximum Gasteiger partial charge on any atom is 0.419 e. The van der Waals surface area contributed by atoms with Gasteiger partial charge in [-0.05, 0) is 71.5 Å². The second-order valence-corrected chi connectivity index (χ2v) is 9.15. The molecule has 0 fully saturated rings. The molecule has 4 aromatic rings. The van der Waals surface area contributed by atoms with E-state index in [9.17, 15) is 9.59 Å². The smallest absolute Gasteiger partial charge is 0.408 e. The van der Waals surface area contributed by atoms with Crippen LogP contribution in [-0.2, 0) is 37.9 Å². The van der Waals surface area contributed by atoms with E-state index in [1.165, 1.54) is 21.3 Å². The molecule has 0 spiro atoms. The highest BCUT2D eigenvalue weighted by Crippen LogP contribution is 2.28. The summed E-state index contributed by atoms with van der Waals surface area (Å²) >= 11 is 0. The number of nitrogens with one attached hydrogen (secondary N) is 1. The molecule has 0 unspecified atom stereocenters. The van der Waals surface area contributed by atoms with Crippen LogP contribution in [-0.4, -0.2) is 29.4 Å². The van der Waals surface area contributed by atoms with Crippen LogP contribution in [0, 0.1) is 6.92 Å². The number of aromatic nitrogens is 1. The number of carbonyl (C=O) groups is 1. The Kier molecular flexibility index (Phi) is 6.28. The topological polar surface area (TPSA) is 76.7 Å². The average molecular weight is 472 g/mol. The van der Waals surface area contributed by atoms with E-state index in [1.54, 1.807) is 14.2 Å². The standard InChI is InChI=1S/C28H29N3O4/c1-18-20(4-5-22(16-32)25(18)17-34-3)14-31-11-10-19-12-23(7-6-21(19)15-31)29-24-8-9-27-26(13-24)30(2)28(33)35-27/h4-9,12-13,16,29H,10-11,14-15,17H2,1-3H3. The Bertz CT molecular complexity index is 1470. The highest BCUT2D eigenvalue weighted by atomic mass is 16.5. The zero-order valence-corrected chi connectivity index (χ0v) is 20.3. The number of rotatable bonds is 7. The molecule has 1 aliphatic rings. The first-order valence-electron chi connectivity index (χ1n) is 11.7. The van der Waals surface area contributed by atoms with Crippen LogP contribution in [0.4, 0.5) is 11.4 Å². The van der Waals surface area contributed by atoms with E-state index in [0.29, 0.717) is 17.8 Å². The summed E-state index contributed by atoms with van der Waals surface area (Å²) in [5.74, 6) is -0.361. The Labute approximate surface area is 203 Å². The van der Waals surface area contributed by atoms with Gasteiger partial charge in [-0.15, -0.1) is 0 Å². The van der Waals surface area contributed by atoms with Crippen molar-refractivity contribution in [2.45, 2.75) is 33.0 Å². The normalized spacial score (nSPS) is 13.7. The molecule has 7 heteroatoms. The third kappa shape index (κ3) is 4.52. The molecule has 1 aliphatic heterocycles. The molecule has 0 atom stereocenters. The number of carbonyl (C=O) groups excluding carboxylic acids is 1. The molecule has 1 aromatic heterocycles. The number of methoxy groups -OCH3 is 1. The lowest BCUT2D eigenvalue weighted by molar-refractivity contribution is 0.111. The van der Waals surface area contributed by atoms with Gasteiger partial charge in [0.2, 0.25) is 0 Å². The van der Waals surface area contributed by atoms with E-state index < -0.39 is 0 Å². The fourth-order valence-corrected chi connectivity index (χ4v) is 4.88. The van der Waals surface area contributed by atoms with Gasteiger partial charge in [0.05, 0.1) is 12.1 Å². The van der Waals surface area contributed by atoms with Gasteiger partial charge in [0.1, 0.15) is 6.29 Å². The van der Waals surface area contributed by atoms with Gasteiger partial charge in [-0.25, -0.2) is 4.79 Å². The van der Waals surface area contributed by atoms with Crippen molar-refractivity contribution in [3.05, 3.63) is 92.5 Å². The molecule has 0 bridgehead atoms. The molecule has 0 aliphatic carbocycles. The summed E-state index contributed by atoms with van der Waals surface area (Å²) in [6, 6.07) is 16.1. The quantitative estimate of drug-likeness (QED) is 0.394. The van der Waals surface area contributed by atoms with Crippen molar-refractivity contribution in [2.24, 2.45) is 7.05 Å². The van der Waals surface area contributed by atoms with Crippen LogP contribution in [0.5, 0.6) is 0 Å². The maximum atomic E-state index is 11.8. The van der Waals surface area contributed by atoms with Crippen molar-refractivity contribution < 1.29 is 13.9 Å². The Morgan fingerprint density at radius 3 is 2.69 bits per heavy atom. The Morgan fingerprint density at radius 2 is 1.89 bits per heavy atom.